The number of carboxylic acids is 2. The van der Waals surface area contributed by atoms with Crippen molar-refractivity contribution in [1.82, 2.24) is 25.3 Å². The Balaban J connectivity index is 1.80. The van der Waals surface area contributed by atoms with Gasteiger partial charge in [0.2, 0.25) is 11.2 Å². The van der Waals surface area contributed by atoms with E-state index in [-0.39, 0.29) is 17.9 Å². The van der Waals surface area contributed by atoms with Crippen molar-refractivity contribution in [3.8, 4) is 0 Å². The molecule has 1 amide bonds. The smallest absolute Gasteiger partial charge is 0.326 e. The van der Waals surface area contributed by atoms with Crippen LogP contribution >= 0.6 is 11.6 Å². The van der Waals surface area contributed by atoms with Gasteiger partial charge in [-0.1, -0.05) is 0 Å². The van der Waals surface area contributed by atoms with E-state index in [1.807, 2.05) is 0 Å². The van der Waals surface area contributed by atoms with E-state index >= 15 is 0 Å². The number of halogens is 1. The molecule has 0 spiro atoms. The van der Waals surface area contributed by atoms with Gasteiger partial charge in [0.25, 0.3) is 0 Å². The highest BCUT2D eigenvalue weighted by Crippen LogP contribution is 2.33. The van der Waals surface area contributed by atoms with Crippen molar-refractivity contribution in [2.75, 3.05) is 11.4 Å². The van der Waals surface area contributed by atoms with Crippen LogP contribution in [0.2, 0.25) is 5.28 Å². The van der Waals surface area contributed by atoms with E-state index in [4.69, 9.17) is 21.8 Å². The summed E-state index contributed by atoms with van der Waals surface area (Å²) in [5.41, 5.74) is 0.856. The molecule has 1 atom stereocenters. The van der Waals surface area contributed by atoms with Gasteiger partial charge >= 0.3 is 11.9 Å². The van der Waals surface area contributed by atoms with Crippen molar-refractivity contribution in [2.45, 2.75) is 31.3 Å². The third-order valence-electron chi connectivity index (χ3n) is 3.82. The topological polar surface area (TPSA) is 161 Å². The van der Waals surface area contributed by atoms with E-state index in [0.717, 1.165) is 12.8 Å². The predicted octanol–water partition coefficient (Wildman–Crippen LogP) is 0.0192. The number of amides is 1. The van der Waals surface area contributed by atoms with E-state index in [9.17, 15) is 14.4 Å². The summed E-state index contributed by atoms with van der Waals surface area (Å²) in [4.78, 5) is 50.9. The van der Waals surface area contributed by atoms with Crippen LogP contribution in [0.4, 0.5) is 5.82 Å². The highest BCUT2D eigenvalue weighted by Gasteiger charge is 2.34. The minimum absolute atomic E-state index is 0.0278. The number of hydrogen-bond acceptors (Lipinski definition) is 7. The van der Waals surface area contributed by atoms with Crippen molar-refractivity contribution in [1.29, 1.82) is 0 Å². The van der Waals surface area contributed by atoms with Crippen LogP contribution in [0, 0.1) is 0 Å². The monoisotopic (exact) mass is 382 g/mol. The van der Waals surface area contributed by atoms with Crippen molar-refractivity contribution in [3.05, 3.63) is 11.6 Å². The van der Waals surface area contributed by atoms with Crippen LogP contribution in [0.3, 0.4) is 0 Å². The second-order valence-electron chi connectivity index (χ2n) is 5.83. The van der Waals surface area contributed by atoms with Crippen molar-refractivity contribution in [3.63, 3.8) is 0 Å². The Morgan fingerprint density at radius 1 is 1.35 bits per heavy atom. The fourth-order valence-electron chi connectivity index (χ4n) is 2.53. The zero-order chi connectivity index (χ0) is 18.8. The molecule has 2 heterocycles. The Bertz CT molecular complexity index is 867. The highest BCUT2D eigenvalue weighted by atomic mass is 35.5. The van der Waals surface area contributed by atoms with Gasteiger partial charge in [-0.3, -0.25) is 9.59 Å². The number of H-pyrrole nitrogens is 1. The average Bonchev–Trinajstić information content (AvgIpc) is 3.28. The lowest BCUT2D eigenvalue weighted by atomic mass is 10.2. The number of anilines is 1. The number of aliphatic carboxylic acids is 2. The van der Waals surface area contributed by atoms with Crippen LogP contribution in [-0.2, 0) is 14.4 Å². The SMILES string of the molecule is O=C(O)C[C@H](NC(=O)CN(c1nc(Cl)nc2nc[nH]c12)C1CC1)C(=O)O. The third-order valence-corrected chi connectivity index (χ3v) is 3.99. The molecule has 138 valence electrons. The number of hydrogen-bond donors (Lipinski definition) is 4. The standard InChI is InChI=1S/C14H15ClN6O5/c15-14-19-11-10(16-5-17-11)12(20-14)21(6-1-2-6)4-8(22)18-7(13(25)26)3-9(23)24/h5-7H,1-4H2,(H,18,22)(H,23,24)(H,25,26)(H,16,17,19,20)/t7-/m0/s1. The molecule has 11 nitrogen and oxygen atoms in total. The molecule has 26 heavy (non-hydrogen) atoms. The summed E-state index contributed by atoms with van der Waals surface area (Å²) in [5, 5.41) is 20.0. The number of fused-ring (bicyclic) bond motifs is 1. The molecule has 1 saturated carbocycles. The van der Waals surface area contributed by atoms with Gasteiger partial charge in [-0.05, 0) is 24.4 Å². The molecule has 3 rings (SSSR count). The minimum Gasteiger partial charge on any atom is -0.481 e. The lowest BCUT2D eigenvalue weighted by Crippen LogP contribution is -2.47. The molecule has 0 bridgehead atoms. The molecule has 0 aromatic carbocycles. The van der Waals surface area contributed by atoms with Gasteiger partial charge in [0, 0.05) is 6.04 Å². The van der Waals surface area contributed by atoms with Crippen LogP contribution in [0.1, 0.15) is 19.3 Å². The second kappa shape index (κ2) is 7.12. The fourth-order valence-corrected chi connectivity index (χ4v) is 2.69. The number of nitrogens with zero attached hydrogens (tertiary/aromatic N) is 4. The highest BCUT2D eigenvalue weighted by molar-refractivity contribution is 6.28. The molecular formula is C14H15ClN6O5. The number of nitrogens with one attached hydrogen (secondary N) is 2. The average molecular weight is 383 g/mol. The summed E-state index contributed by atoms with van der Waals surface area (Å²) in [6.45, 7) is -0.199. The largest absolute Gasteiger partial charge is 0.481 e. The van der Waals surface area contributed by atoms with Gasteiger partial charge in [0.1, 0.15) is 11.6 Å². The first kappa shape index (κ1) is 17.9. The molecule has 4 N–H and O–H groups in total. The second-order valence-corrected chi connectivity index (χ2v) is 6.17. The van der Waals surface area contributed by atoms with Crippen LogP contribution in [-0.4, -0.2) is 66.6 Å². The normalized spacial score (nSPS) is 14.8. The third kappa shape index (κ3) is 3.99. The molecule has 12 heteroatoms. The maximum atomic E-state index is 12.3. The van der Waals surface area contributed by atoms with Crippen molar-refractivity contribution < 1.29 is 24.6 Å². The van der Waals surface area contributed by atoms with Gasteiger partial charge in [-0.15, -0.1) is 0 Å². The van der Waals surface area contributed by atoms with Gasteiger partial charge in [0.15, 0.2) is 11.5 Å². The maximum Gasteiger partial charge on any atom is 0.326 e. The van der Waals surface area contributed by atoms with E-state index in [2.05, 4.69) is 25.3 Å². The number of carbonyl (C=O) groups excluding carboxylic acids is 1. The van der Waals surface area contributed by atoms with Crippen LogP contribution in [0.15, 0.2) is 6.33 Å². The number of aromatic amines is 1. The zero-order valence-corrected chi connectivity index (χ0v) is 14.1. The summed E-state index contributed by atoms with van der Waals surface area (Å²) < 4.78 is 0. The number of imidazole rings is 1. The fraction of sp³-hybridized carbons (Fsp3) is 0.429. The Morgan fingerprint density at radius 3 is 2.69 bits per heavy atom. The van der Waals surface area contributed by atoms with Gasteiger partial charge in [-0.25, -0.2) is 9.78 Å². The molecule has 1 fully saturated rings. The quantitative estimate of drug-likeness (QED) is 0.461. The molecule has 2 aromatic heterocycles. The van der Waals surface area contributed by atoms with Crippen LogP contribution < -0.4 is 10.2 Å². The van der Waals surface area contributed by atoms with E-state index in [1.54, 1.807) is 4.90 Å². The van der Waals surface area contributed by atoms with E-state index in [1.165, 1.54) is 6.33 Å². The maximum absolute atomic E-state index is 12.3. The molecule has 0 radical (unpaired) electrons. The zero-order valence-electron chi connectivity index (χ0n) is 13.3. The summed E-state index contributed by atoms with van der Waals surface area (Å²) in [5.74, 6) is -2.98. The summed E-state index contributed by atoms with van der Waals surface area (Å²) >= 11 is 5.92. The van der Waals surface area contributed by atoms with Gasteiger partial charge in [-0.2, -0.15) is 9.97 Å². The molecular weight excluding hydrogens is 368 g/mol. The summed E-state index contributed by atoms with van der Waals surface area (Å²) in [7, 11) is 0. The van der Waals surface area contributed by atoms with Crippen molar-refractivity contribution in [2.24, 2.45) is 0 Å². The number of carboxylic acid groups (broad SMARTS) is 2. The van der Waals surface area contributed by atoms with Crippen LogP contribution in [0.5, 0.6) is 0 Å². The molecule has 1 aliphatic carbocycles. The Kier molecular flexibility index (Phi) is 4.89. The van der Waals surface area contributed by atoms with Crippen molar-refractivity contribution >= 4 is 46.4 Å². The number of rotatable bonds is 8. The van der Waals surface area contributed by atoms with E-state index < -0.39 is 30.3 Å². The predicted molar refractivity (Wildman–Crippen MR) is 88.9 cm³/mol. The van der Waals surface area contributed by atoms with E-state index in [0.29, 0.717) is 17.0 Å². The lowest BCUT2D eigenvalue weighted by molar-refractivity contribution is -0.147. The van der Waals surface area contributed by atoms with Gasteiger partial charge < -0.3 is 25.4 Å². The number of aromatic nitrogens is 4. The first-order valence-corrected chi connectivity index (χ1v) is 8.10. The lowest BCUT2D eigenvalue weighted by Gasteiger charge is -2.24. The Labute approximate surface area is 151 Å². The van der Waals surface area contributed by atoms with Gasteiger partial charge in [0.05, 0.1) is 19.3 Å². The first-order valence-electron chi connectivity index (χ1n) is 7.72. The first-order chi connectivity index (χ1) is 12.3. The summed E-state index contributed by atoms with van der Waals surface area (Å²) in [6, 6.07) is -1.47. The molecule has 0 saturated heterocycles. The molecule has 1 aliphatic rings. The molecule has 0 unspecified atom stereocenters. The Hall–Kier alpha value is -2.95. The minimum atomic E-state index is -1.51. The summed E-state index contributed by atoms with van der Waals surface area (Å²) in [6.07, 6.45) is 2.39. The molecule has 2 aromatic rings. The molecule has 0 aliphatic heterocycles. The number of carbonyl (C=O) groups is 3. The Morgan fingerprint density at radius 2 is 2.08 bits per heavy atom. The van der Waals surface area contributed by atoms with Crippen LogP contribution in [0.25, 0.3) is 11.2 Å².